The lowest BCUT2D eigenvalue weighted by Gasteiger charge is -2.13. The summed E-state index contributed by atoms with van der Waals surface area (Å²) in [5.74, 6) is 1.55. The van der Waals surface area contributed by atoms with E-state index in [0.717, 1.165) is 22.8 Å². The van der Waals surface area contributed by atoms with Gasteiger partial charge in [0.1, 0.15) is 5.75 Å². The third kappa shape index (κ3) is 4.53. The van der Waals surface area contributed by atoms with Gasteiger partial charge in [-0.1, -0.05) is 25.1 Å². The summed E-state index contributed by atoms with van der Waals surface area (Å²) in [4.78, 5) is 13.4. The summed E-state index contributed by atoms with van der Waals surface area (Å²) in [5.41, 5.74) is 1.81. The molecule has 0 heterocycles. The van der Waals surface area contributed by atoms with Gasteiger partial charge in [0.15, 0.2) is 0 Å². The van der Waals surface area contributed by atoms with E-state index in [0.29, 0.717) is 0 Å². The lowest BCUT2D eigenvalue weighted by molar-refractivity contribution is -0.118. The molecule has 2 aromatic carbocycles. The molecule has 116 valence electrons. The molecule has 1 N–H and O–H groups in total. The Bertz CT molecular complexity index is 628. The van der Waals surface area contributed by atoms with Crippen LogP contribution in [0.25, 0.3) is 0 Å². The van der Waals surface area contributed by atoms with Crippen molar-refractivity contribution < 1.29 is 9.53 Å². The number of methoxy groups -OCH3 is 1. The molecule has 0 aliphatic rings. The number of hydrogen-bond acceptors (Lipinski definition) is 3. The summed E-state index contributed by atoms with van der Waals surface area (Å²) in [6.07, 6.45) is 0. The molecule has 0 saturated carbocycles. The van der Waals surface area contributed by atoms with Crippen molar-refractivity contribution in [2.45, 2.75) is 18.7 Å². The van der Waals surface area contributed by atoms with Gasteiger partial charge in [0.25, 0.3) is 0 Å². The fraction of sp³-hybridized carbons (Fsp3) is 0.278. The van der Waals surface area contributed by atoms with E-state index in [2.05, 4.69) is 17.4 Å². The number of hydrogen-bond donors (Lipinski definition) is 1. The smallest absolute Gasteiger partial charge is 0.228 e. The van der Waals surface area contributed by atoms with Crippen LogP contribution in [0.2, 0.25) is 0 Å². The molecule has 0 aromatic heterocycles. The van der Waals surface area contributed by atoms with E-state index in [4.69, 9.17) is 4.74 Å². The number of ether oxygens (including phenoxy) is 1. The number of rotatable bonds is 6. The van der Waals surface area contributed by atoms with Crippen molar-refractivity contribution in [3.05, 3.63) is 54.1 Å². The van der Waals surface area contributed by atoms with Crippen molar-refractivity contribution in [1.82, 2.24) is 0 Å². The maximum Gasteiger partial charge on any atom is 0.228 e. The average molecular weight is 315 g/mol. The Morgan fingerprint density at radius 1 is 1.23 bits per heavy atom. The van der Waals surface area contributed by atoms with Gasteiger partial charge in [0, 0.05) is 22.3 Å². The second-order valence-corrected chi connectivity index (χ2v) is 6.29. The molecule has 1 atom stereocenters. The third-order valence-corrected chi connectivity index (χ3v) is 4.63. The lowest BCUT2D eigenvalue weighted by Crippen LogP contribution is -2.22. The number of amides is 1. The predicted octanol–water partition coefficient (Wildman–Crippen LogP) is 4.37. The molecule has 4 heteroatoms. The Labute approximate surface area is 136 Å². The van der Waals surface area contributed by atoms with Gasteiger partial charge in [0.2, 0.25) is 5.91 Å². The van der Waals surface area contributed by atoms with E-state index in [1.54, 1.807) is 18.9 Å². The van der Waals surface area contributed by atoms with Crippen molar-refractivity contribution in [3.8, 4) is 5.75 Å². The second-order valence-electron chi connectivity index (χ2n) is 5.20. The molecule has 1 amide bonds. The standard InChI is InChI=1S/C18H21NO2S/c1-13-11-15(9-10-17(13)21-3)19-18(20)14(2)12-22-16-7-5-4-6-8-16/h4-11,14H,12H2,1-3H3,(H,19,20). The molecular formula is C18H21NO2S. The van der Waals surface area contributed by atoms with Crippen LogP contribution in [0.15, 0.2) is 53.4 Å². The zero-order valence-electron chi connectivity index (χ0n) is 13.1. The van der Waals surface area contributed by atoms with Gasteiger partial charge in [-0.2, -0.15) is 0 Å². The highest BCUT2D eigenvalue weighted by molar-refractivity contribution is 7.99. The highest BCUT2D eigenvalue weighted by Crippen LogP contribution is 2.23. The van der Waals surface area contributed by atoms with Crippen LogP contribution in [-0.2, 0) is 4.79 Å². The fourth-order valence-electron chi connectivity index (χ4n) is 2.04. The quantitative estimate of drug-likeness (QED) is 0.804. The molecular weight excluding hydrogens is 294 g/mol. The van der Waals surface area contributed by atoms with Gasteiger partial charge in [0.05, 0.1) is 7.11 Å². The molecule has 22 heavy (non-hydrogen) atoms. The van der Waals surface area contributed by atoms with Gasteiger partial charge < -0.3 is 10.1 Å². The van der Waals surface area contributed by atoms with Crippen LogP contribution in [0.4, 0.5) is 5.69 Å². The highest BCUT2D eigenvalue weighted by Gasteiger charge is 2.14. The van der Waals surface area contributed by atoms with E-state index in [-0.39, 0.29) is 11.8 Å². The first-order chi connectivity index (χ1) is 10.6. The molecule has 2 rings (SSSR count). The minimum atomic E-state index is -0.0624. The number of carbonyl (C=O) groups excluding carboxylic acids is 1. The molecule has 0 radical (unpaired) electrons. The van der Waals surface area contributed by atoms with Crippen LogP contribution in [0, 0.1) is 12.8 Å². The maximum absolute atomic E-state index is 12.2. The molecule has 0 bridgehead atoms. The number of carbonyl (C=O) groups is 1. The Morgan fingerprint density at radius 3 is 2.59 bits per heavy atom. The second kappa shape index (κ2) is 7.90. The van der Waals surface area contributed by atoms with Crippen molar-refractivity contribution in [2.75, 3.05) is 18.2 Å². The number of nitrogens with one attached hydrogen (secondary N) is 1. The summed E-state index contributed by atoms with van der Waals surface area (Å²) in [5, 5.41) is 2.96. The van der Waals surface area contributed by atoms with E-state index in [9.17, 15) is 4.79 Å². The Balaban J connectivity index is 1.89. The van der Waals surface area contributed by atoms with Crippen molar-refractivity contribution >= 4 is 23.4 Å². The zero-order chi connectivity index (χ0) is 15.9. The van der Waals surface area contributed by atoms with Gasteiger partial charge in [-0.05, 0) is 42.8 Å². The minimum absolute atomic E-state index is 0.0352. The molecule has 0 fully saturated rings. The molecule has 3 nitrogen and oxygen atoms in total. The van der Waals surface area contributed by atoms with Gasteiger partial charge in [-0.3, -0.25) is 4.79 Å². The fourth-order valence-corrected chi connectivity index (χ4v) is 2.98. The largest absolute Gasteiger partial charge is 0.496 e. The zero-order valence-corrected chi connectivity index (χ0v) is 13.9. The summed E-state index contributed by atoms with van der Waals surface area (Å²) >= 11 is 1.70. The van der Waals surface area contributed by atoms with Crippen molar-refractivity contribution in [2.24, 2.45) is 5.92 Å². The van der Waals surface area contributed by atoms with Crippen LogP contribution < -0.4 is 10.1 Å². The Hall–Kier alpha value is -1.94. The molecule has 0 aliphatic carbocycles. The molecule has 0 saturated heterocycles. The normalized spacial score (nSPS) is 11.8. The molecule has 1 unspecified atom stereocenters. The SMILES string of the molecule is COc1ccc(NC(=O)C(C)CSc2ccccc2)cc1C. The number of aryl methyl sites for hydroxylation is 1. The predicted molar refractivity (Wildman–Crippen MR) is 92.7 cm³/mol. The van der Waals surface area contributed by atoms with E-state index < -0.39 is 0 Å². The van der Waals surface area contributed by atoms with Crippen LogP contribution >= 0.6 is 11.8 Å². The first kappa shape index (κ1) is 16.4. The van der Waals surface area contributed by atoms with Crippen LogP contribution in [0.5, 0.6) is 5.75 Å². The summed E-state index contributed by atoms with van der Waals surface area (Å²) in [7, 11) is 1.64. The van der Waals surface area contributed by atoms with Gasteiger partial charge >= 0.3 is 0 Å². The third-order valence-electron chi connectivity index (χ3n) is 3.35. The highest BCUT2D eigenvalue weighted by atomic mass is 32.2. The number of benzene rings is 2. The summed E-state index contributed by atoms with van der Waals surface area (Å²) < 4.78 is 5.22. The lowest BCUT2D eigenvalue weighted by atomic mass is 10.1. The van der Waals surface area contributed by atoms with E-state index >= 15 is 0 Å². The molecule has 0 aliphatic heterocycles. The van der Waals surface area contributed by atoms with Crippen LogP contribution in [-0.4, -0.2) is 18.8 Å². The van der Waals surface area contributed by atoms with Crippen LogP contribution in [0.3, 0.4) is 0 Å². The van der Waals surface area contributed by atoms with E-state index in [1.165, 1.54) is 4.90 Å². The van der Waals surface area contributed by atoms with Crippen LogP contribution in [0.1, 0.15) is 12.5 Å². The van der Waals surface area contributed by atoms with E-state index in [1.807, 2.05) is 50.2 Å². The topological polar surface area (TPSA) is 38.3 Å². The minimum Gasteiger partial charge on any atom is -0.496 e. The Morgan fingerprint density at radius 2 is 1.95 bits per heavy atom. The Kier molecular flexibility index (Phi) is 5.90. The van der Waals surface area contributed by atoms with Gasteiger partial charge in [-0.25, -0.2) is 0 Å². The average Bonchev–Trinajstić information content (AvgIpc) is 2.53. The maximum atomic E-state index is 12.2. The monoisotopic (exact) mass is 315 g/mol. The summed E-state index contributed by atoms with van der Waals surface area (Å²) in [6, 6.07) is 15.8. The number of anilines is 1. The van der Waals surface area contributed by atoms with Crippen molar-refractivity contribution in [3.63, 3.8) is 0 Å². The summed E-state index contributed by atoms with van der Waals surface area (Å²) in [6.45, 7) is 3.91. The van der Waals surface area contributed by atoms with Crippen molar-refractivity contribution in [1.29, 1.82) is 0 Å². The number of thioether (sulfide) groups is 1. The molecule has 2 aromatic rings. The molecule has 0 spiro atoms. The van der Waals surface area contributed by atoms with Gasteiger partial charge in [-0.15, -0.1) is 11.8 Å². The first-order valence-electron chi connectivity index (χ1n) is 7.23. The first-order valence-corrected chi connectivity index (χ1v) is 8.22.